The van der Waals surface area contributed by atoms with E-state index >= 15 is 0 Å². The Morgan fingerprint density at radius 1 is 1.33 bits per heavy atom. The van der Waals surface area contributed by atoms with Crippen molar-refractivity contribution in [2.75, 3.05) is 6.61 Å². The molecule has 82 valence electrons. The van der Waals surface area contributed by atoms with Gasteiger partial charge in [-0.05, 0) is 29.7 Å². The predicted octanol–water partition coefficient (Wildman–Crippen LogP) is 1.35. The van der Waals surface area contributed by atoms with Gasteiger partial charge in [-0.3, -0.25) is 0 Å². The fourth-order valence-corrected chi connectivity index (χ4v) is 1.85. The molecule has 0 aromatic heterocycles. The molecule has 15 heavy (non-hydrogen) atoms. The minimum atomic E-state index is -4.94. The van der Waals surface area contributed by atoms with Crippen molar-refractivity contribution in [3.8, 4) is 5.75 Å². The Labute approximate surface area is 87.0 Å². The first kappa shape index (κ1) is 10.4. The molecule has 1 heterocycles. The van der Waals surface area contributed by atoms with E-state index in [9.17, 15) is 12.3 Å². The summed E-state index contributed by atoms with van der Waals surface area (Å²) in [6.45, 7) is 1.05. The number of benzene rings is 1. The minimum Gasteiger partial charge on any atom is -0.376 e. The summed E-state index contributed by atoms with van der Waals surface area (Å²) in [5, 5.41) is 0. The first-order chi connectivity index (χ1) is 7.04. The highest BCUT2D eigenvalue weighted by Crippen LogP contribution is 2.23. The second-order valence-corrected chi connectivity index (χ2v) is 4.16. The average molecular weight is 232 g/mol. The average Bonchev–Trinajstić information content (AvgIpc) is 2.15. The quantitative estimate of drug-likeness (QED) is 0.722. The van der Waals surface area contributed by atoms with Crippen LogP contribution in [0.1, 0.15) is 11.1 Å². The molecule has 6 heteroatoms. The molecule has 0 unspecified atom stereocenters. The Morgan fingerprint density at radius 3 is 2.87 bits per heavy atom. The van der Waals surface area contributed by atoms with E-state index in [0.717, 1.165) is 17.5 Å². The molecule has 0 amide bonds. The fourth-order valence-electron chi connectivity index (χ4n) is 1.51. The highest BCUT2D eigenvalue weighted by atomic mass is 32.3. The number of hydrogen-bond acceptors (Lipinski definition) is 4. The van der Waals surface area contributed by atoms with Crippen molar-refractivity contribution in [1.82, 2.24) is 0 Å². The van der Waals surface area contributed by atoms with E-state index < -0.39 is 10.5 Å². The molecular weight excluding hydrogens is 223 g/mol. The first-order valence-electron chi connectivity index (χ1n) is 4.38. The number of rotatable bonds is 2. The Kier molecular flexibility index (Phi) is 2.62. The largest absolute Gasteiger partial charge is 0.488 e. The summed E-state index contributed by atoms with van der Waals surface area (Å²) in [6, 6.07) is 4.63. The lowest BCUT2D eigenvalue weighted by Gasteiger charge is -2.16. The Bertz CT molecular complexity index is 469. The maximum atomic E-state index is 12.2. The Hall–Kier alpha value is -1.14. The van der Waals surface area contributed by atoms with E-state index in [1.807, 2.05) is 0 Å². The Morgan fingerprint density at radius 2 is 2.13 bits per heavy atom. The Balaban J connectivity index is 2.28. The third-order valence-electron chi connectivity index (χ3n) is 2.15. The van der Waals surface area contributed by atoms with Crippen molar-refractivity contribution in [2.24, 2.45) is 0 Å². The van der Waals surface area contributed by atoms with Crippen LogP contribution in [0.2, 0.25) is 0 Å². The molecule has 1 aliphatic heterocycles. The first-order valence-corrected chi connectivity index (χ1v) is 5.69. The van der Waals surface area contributed by atoms with Gasteiger partial charge >= 0.3 is 10.5 Å². The summed E-state index contributed by atoms with van der Waals surface area (Å²) in [7, 11) is -4.94. The van der Waals surface area contributed by atoms with Crippen molar-refractivity contribution in [2.45, 2.75) is 13.0 Å². The van der Waals surface area contributed by atoms with Crippen LogP contribution < -0.4 is 4.18 Å². The topological polar surface area (TPSA) is 52.6 Å². The van der Waals surface area contributed by atoms with E-state index in [2.05, 4.69) is 4.18 Å². The molecular formula is C9H9FO4S. The molecule has 2 rings (SSSR count). The van der Waals surface area contributed by atoms with Gasteiger partial charge in [0, 0.05) is 0 Å². The van der Waals surface area contributed by atoms with Crippen LogP contribution in [-0.4, -0.2) is 15.0 Å². The van der Waals surface area contributed by atoms with E-state index in [4.69, 9.17) is 4.74 Å². The van der Waals surface area contributed by atoms with Crippen LogP contribution >= 0.6 is 0 Å². The monoisotopic (exact) mass is 232 g/mol. The molecule has 0 spiro atoms. The van der Waals surface area contributed by atoms with Crippen molar-refractivity contribution in [1.29, 1.82) is 0 Å². The second-order valence-electron chi connectivity index (χ2n) is 3.21. The molecule has 1 aliphatic rings. The zero-order chi connectivity index (χ0) is 10.9. The van der Waals surface area contributed by atoms with Gasteiger partial charge in [0.05, 0.1) is 13.2 Å². The molecule has 0 saturated carbocycles. The van der Waals surface area contributed by atoms with Gasteiger partial charge in [0.25, 0.3) is 0 Å². The molecule has 0 N–H and O–H groups in total. The van der Waals surface area contributed by atoms with Crippen LogP contribution in [0.15, 0.2) is 18.2 Å². The van der Waals surface area contributed by atoms with Crippen molar-refractivity contribution >= 4 is 10.5 Å². The van der Waals surface area contributed by atoms with E-state index in [1.165, 1.54) is 12.1 Å². The molecule has 4 nitrogen and oxygen atoms in total. The third-order valence-corrected chi connectivity index (χ3v) is 2.54. The van der Waals surface area contributed by atoms with Crippen molar-refractivity contribution < 1.29 is 21.2 Å². The summed E-state index contributed by atoms with van der Waals surface area (Å²) < 4.78 is 42.0. The fraction of sp³-hybridized carbons (Fsp3) is 0.333. The summed E-state index contributed by atoms with van der Waals surface area (Å²) in [4.78, 5) is 0. The van der Waals surface area contributed by atoms with Gasteiger partial charge in [0.1, 0.15) is 5.75 Å². The normalized spacial score (nSPS) is 15.8. The molecule has 0 fully saturated rings. The lowest BCUT2D eigenvalue weighted by Crippen LogP contribution is -2.10. The maximum Gasteiger partial charge on any atom is 0.488 e. The van der Waals surface area contributed by atoms with Crippen molar-refractivity contribution in [3.05, 3.63) is 29.3 Å². The van der Waals surface area contributed by atoms with E-state index in [1.54, 1.807) is 6.07 Å². The van der Waals surface area contributed by atoms with Crippen LogP contribution in [0, 0.1) is 0 Å². The zero-order valence-corrected chi connectivity index (χ0v) is 8.59. The van der Waals surface area contributed by atoms with Gasteiger partial charge in [0.2, 0.25) is 0 Å². The molecule has 0 bridgehead atoms. The van der Waals surface area contributed by atoms with Crippen molar-refractivity contribution in [3.63, 3.8) is 0 Å². The van der Waals surface area contributed by atoms with Crippen LogP contribution in [0.4, 0.5) is 3.89 Å². The summed E-state index contributed by atoms with van der Waals surface area (Å²) >= 11 is 0. The smallest absolute Gasteiger partial charge is 0.376 e. The molecule has 1 aromatic rings. The number of fused-ring (bicyclic) bond motifs is 1. The maximum absolute atomic E-state index is 12.2. The third kappa shape index (κ3) is 2.66. The van der Waals surface area contributed by atoms with Gasteiger partial charge in [-0.25, -0.2) is 0 Å². The second kappa shape index (κ2) is 3.79. The van der Waals surface area contributed by atoms with E-state index in [0.29, 0.717) is 13.2 Å². The van der Waals surface area contributed by atoms with Gasteiger partial charge in [-0.2, -0.15) is 8.42 Å². The molecule has 0 saturated heterocycles. The zero-order valence-electron chi connectivity index (χ0n) is 7.77. The van der Waals surface area contributed by atoms with Gasteiger partial charge in [-0.15, -0.1) is 0 Å². The van der Waals surface area contributed by atoms with Gasteiger partial charge < -0.3 is 8.92 Å². The summed E-state index contributed by atoms with van der Waals surface area (Å²) in [5.41, 5.74) is 1.91. The molecule has 1 aromatic carbocycles. The number of halogens is 1. The lowest BCUT2D eigenvalue weighted by molar-refractivity contribution is 0.110. The SMILES string of the molecule is O=S(=O)(F)Oc1ccc2c(c1)COCC2. The van der Waals surface area contributed by atoms with Crippen LogP contribution in [0.3, 0.4) is 0 Å². The minimum absolute atomic E-state index is 0.0262. The van der Waals surface area contributed by atoms with Gasteiger partial charge in [0.15, 0.2) is 0 Å². The highest BCUT2D eigenvalue weighted by Gasteiger charge is 2.14. The molecule has 0 radical (unpaired) electrons. The van der Waals surface area contributed by atoms with Gasteiger partial charge in [-0.1, -0.05) is 9.95 Å². The number of hydrogen-bond donors (Lipinski definition) is 0. The molecule has 0 aliphatic carbocycles. The van der Waals surface area contributed by atoms with Crippen LogP contribution in [-0.2, 0) is 28.3 Å². The number of ether oxygens (including phenoxy) is 1. The van der Waals surface area contributed by atoms with Crippen LogP contribution in [0.25, 0.3) is 0 Å². The lowest BCUT2D eigenvalue weighted by atomic mass is 10.0. The summed E-state index contributed by atoms with van der Waals surface area (Å²) in [5.74, 6) is -0.0262. The van der Waals surface area contributed by atoms with Crippen LogP contribution in [0.5, 0.6) is 5.75 Å². The van der Waals surface area contributed by atoms with E-state index in [-0.39, 0.29) is 5.75 Å². The molecule has 0 atom stereocenters. The summed E-state index contributed by atoms with van der Waals surface area (Å²) in [6.07, 6.45) is 0.776. The standard InChI is InChI=1S/C9H9FO4S/c10-15(11,12)14-9-2-1-7-3-4-13-6-8(7)5-9/h1-2,5H,3-4,6H2. The highest BCUT2D eigenvalue weighted by molar-refractivity contribution is 7.81. The predicted molar refractivity (Wildman–Crippen MR) is 50.5 cm³/mol.